The van der Waals surface area contributed by atoms with Gasteiger partial charge in [-0.05, 0) is 31.2 Å². The molecule has 0 aliphatic rings. The summed E-state index contributed by atoms with van der Waals surface area (Å²) in [6.07, 6.45) is 3.20. The SMILES string of the molecule is Br.Cc1ccc(-c2csc(=Nc3ccccc3)n2NC(=O)c2ccncc2)cc1. The van der Waals surface area contributed by atoms with E-state index in [1.807, 2.05) is 54.8 Å². The number of aryl methyl sites for hydroxylation is 1. The van der Waals surface area contributed by atoms with E-state index in [2.05, 4.69) is 22.5 Å². The van der Waals surface area contributed by atoms with Crippen molar-refractivity contribution < 1.29 is 4.79 Å². The zero-order valence-electron chi connectivity index (χ0n) is 15.6. The van der Waals surface area contributed by atoms with Gasteiger partial charge in [-0.1, -0.05) is 48.0 Å². The Kier molecular flexibility index (Phi) is 6.74. The number of rotatable bonds is 4. The third kappa shape index (κ3) is 4.88. The fraction of sp³-hybridized carbons (Fsp3) is 0.0455. The largest absolute Gasteiger partial charge is 0.270 e. The van der Waals surface area contributed by atoms with Gasteiger partial charge in [0.2, 0.25) is 4.80 Å². The number of aromatic nitrogens is 2. The van der Waals surface area contributed by atoms with E-state index in [1.54, 1.807) is 29.2 Å². The molecule has 0 fully saturated rings. The fourth-order valence-corrected chi connectivity index (χ4v) is 3.57. The second-order valence-electron chi connectivity index (χ2n) is 6.23. The normalized spacial score (nSPS) is 11.0. The van der Waals surface area contributed by atoms with E-state index in [-0.39, 0.29) is 22.9 Å². The summed E-state index contributed by atoms with van der Waals surface area (Å²) in [6, 6.07) is 21.2. The molecule has 146 valence electrons. The molecule has 4 aromatic rings. The number of nitrogens with one attached hydrogen (secondary N) is 1. The van der Waals surface area contributed by atoms with E-state index in [1.165, 1.54) is 16.9 Å². The number of halogens is 1. The highest BCUT2D eigenvalue weighted by atomic mass is 79.9. The number of carbonyl (C=O) groups excluding carboxylic acids is 1. The van der Waals surface area contributed by atoms with E-state index in [9.17, 15) is 4.79 Å². The van der Waals surface area contributed by atoms with Crippen LogP contribution in [0.5, 0.6) is 0 Å². The van der Waals surface area contributed by atoms with Crippen LogP contribution < -0.4 is 10.2 Å². The zero-order valence-corrected chi connectivity index (χ0v) is 18.2. The molecule has 4 rings (SSSR count). The summed E-state index contributed by atoms with van der Waals surface area (Å²) in [7, 11) is 0. The molecule has 0 bridgehead atoms. The van der Waals surface area contributed by atoms with Gasteiger partial charge in [0.05, 0.1) is 11.4 Å². The molecular formula is C22H19BrN4OS. The van der Waals surface area contributed by atoms with Crippen LogP contribution in [-0.2, 0) is 0 Å². The van der Waals surface area contributed by atoms with Crippen molar-refractivity contribution in [1.82, 2.24) is 9.66 Å². The van der Waals surface area contributed by atoms with Crippen LogP contribution in [-0.4, -0.2) is 15.6 Å². The van der Waals surface area contributed by atoms with Gasteiger partial charge in [-0.2, -0.15) is 0 Å². The topological polar surface area (TPSA) is 59.3 Å². The zero-order chi connectivity index (χ0) is 19.3. The molecule has 0 saturated heterocycles. The number of thiazole rings is 1. The van der Waals surface area contributed by atoms with Gasteiger partial charge in [-0.25, -0.2) is 9.67 Å². The number of nitrogens with zero attached hydrogens (tertiary/aromatic N) is 3. The van der Waals surface area contributed by atoms with Gasteiger partial charge in [0.25, 0.3) is 5.91 Å². The van der Waals surface area contributed by atoms with Crippen LogP contribution >= 0.6 is 28.3 Å². The smallest absolute Gasteiger partial charge is 0.267 e. The number of benzene rings is 2. The molecule has 7 heteroatoms. The third-order valence-corrected chi connectivity index (χ3v) is 5.02. The van der Waals surface area contributed by atoms with Crippen molar-refractivity contribution in [3.8, 4) is 11.3 Å². The molecule has 1 N–H and O–H groups in total. The lowest BCUT2D eigenvalue weighted by Gasteiger charge is -2.11. The highest BCUT2D eigenvalue weighted by molar-refractivity contribution is 8.93. The van der Waals surface area contributed by atoms with Gasteiger partial charge >= 0.3 is 0 Å². The van der Waals surface area contributed by atoms with Gasteiger partial charge < -0.3 is 0 Å². The minimum Gasteiger partial charge on any atom is -0.267 e. The number of hydrogen-bond acceptors (Lipinski definition) is 4. The Hall–Kier alpha value is -3.03. The molecule has 0 saturated carbocycles. The Balaban J connectivity index is 0.00000240. The van der Waals surface area contributed by atoms with Crippen LogP contribution in [0.2, 0.25) is 0 Å². The van der Waals surface area contributed by atoms with Gasteiger partial charge in [0.15, 0.2) is 0 Å². The molecule has 2 aromatic carbocycles. The first-order valence-corrected chi connectivity index (χ1v) is 9.67. The standard InChI is InChI=1S/C22H18N4OS.BrH/c1-16-7-9-17(10-8-16)20-15-28-22(24-19-5-3-2-4-6-19)26(20)25-21(27)18-11-13-23-14-12-18;/h2-15H,1H3,(H,25,27);1H. The summed E-state index contributed by atoms with van der Waals surface area (Å²) < 4.78 is 1.74. The van der Waals surface area contributed by atoms with Crippen molar-refractivity contribution in [3.63, 3.8) is 0 Å². The highest BCUT2D eigenvalue weighted by Crippen LogP contribution is 2.21. The van der Waals surface area contributed by atoms with E-state index >= 15 is 0 Å². The Morgan fingerprint density at radius 3 is 2.38 bits per heavy atom. The lowest BCUT2D eigenvalue weighted by Crippen LogP contribution is -2.31. The second kappa shape index (κ2) is 9.45. The van der Waals surface area contributed by atoms with E-state index in [4.69, 9.17) is 4.99 Å². The Bertz CT molecular complexity index is 1150. The van der Waals surface area contributed by atoms with Crippen molar-refractivity contribution in [2.24, 2.45) is 4.99 Å². The molecule has 0 aliphatic carbocycles. The maximum Gasteiger partial charge on any atom is 0.270 e. The van der Waals surface area contributed by atoms with Crippen molar-refractivity contribution in [3.05, 3.63) is 100 Å². The number of pyridine rings is 1. The summed E-state index contributed by atoms with van der Waals surface area (Å²) >= 11 is 1.48. The summed E-state index contributed by atoms with van der Waals surface area (Å²) in [6.45, 7) is 2.05. The van der Waals surface area contributed by atoms with Crippen molar-refractivity contribution in [2.75, 3.05) is 5.43 Å². The first-order valence-electron chi connectivity index (χ1n) is 8.79. The van der Waals surface area contributed by atoms with Crippen LogP contribution in [0.1, 0.15) is 15.9 Å². The van der Waals surface area contributed by atoms with Crippen molar-refractivity contribution >= 4 is 39.9 Å². The number of carbonyl (C=O) groups is 1. The maximum absolute atomic E-state index is 12.8. The molecule has 0 aliphatic heterocycles. The minimum absolute atomic E-state index is 0. The highest BCUT2D eigenvalue weighted by Gasteiger charge is 2.12. The Morgan fingerprint density at radius 2 is 1.69 bits per heavy atom. The summed E-state index contributed by atoms with van der Waals surface area (Å²) in [5.41, 5.74) is 7.40. The molecule has 1 amide bonds. The first-order chi connectivity index (χ1) is 13.7. The van der Waals surface area contributed by atoms with E-state index < -0.39 is 0 Å². The molecular weight excluding hydrogens is 448 g/mol. The van der Waals surface area contributed by atoms with Gasteiger partial charge in [0, 0.05) is 28.9 Å². The molecule has 2 aromatic heterocycles. The van der Waals surface area contributed by atoms with Crippen molar-refractivity contribution in [1.29, 1.82) is 0 Å². The van der Waals surface area contributed by atoms with Gasteiger partial charge in [-0.15, -0.1) is 28.3 Å². The molecule has 0 atom stereocenters. The quantitative estimate of drug-likeness (QED) is 0.453. The first kappa shape index (κ1) is 20.7. The van der Waals surface area contributed by atoms with Crippen LogP contribution in [0.15, 0.2) is 89.5 Å². The average Bonchev–Trinajstić information content (AvgIpc) is 3.12. The monoisotopic (exact) mass is 466 g/mol. The number of hydrogen-bond donors (Lipinski definition) is 1. The van der Waals surface area contributed by atoms with Crippen LogP contribution in [0.3, 0.4) is 0 Å². The molecule has 29 heavy (non-hydrogen) atoms. The Labute approximate surface area is 183 Å². The lowest BCUT2D eigenvalue weighted by molar-refractivity contribution is 0.101. The Morgan fingerprint density at radius 1 is 1.00 bits per heavy atom. The number of para-hydroxylation sites is 1. The fourth-order valence-electron chi connectivity index (χ4n) is 2.71. The summed E-state index contributed by atoms with van der Waals surface area (Å²) in [4.78, 5) is 22.1. The van der Waals surface area contributed by atoms with E-state index in [0.29, 0.717) is 10.4 Å². The lowest BCUT2D eigenvalue weighted by atomic mass is 10.1. The van der Waals surface area contributed by atoms with E-state index in [0.717, 1.165) is 16.9 Å². The molecule has 0 spiro atoms. The summed E-state index contributed by atoms with van der Waals surface area (Å²) in [5, 5.41) is 2.00. The average molecular weight is 467 g/mol. The van der Waals surface area contributed by atoms with Crippen molar-refractivity contribution in [2.45, 2.75) is 6.92 Å². The van der Waals surface area contributed by atoms with Crippen LogP contribution in [0, 0.1) is 6.92 Å². The maximum atomic E-state index is 12.8. The number of amides is 1. The van der Waals surface area contributed by atoms with Gasteiger partial charge in [0.1, 0.15) is 0 Å². The third-order valence-electron chi connectivity index (χ3n) is 4.19. The predicted octanol–water partition coefficient (Wildman–Crippen LogP) is 5.11. The second-order valence-corrected chi connectivity index (χ2v) is 7.07. The molecule has 5 nitrogen and oxygen atoms in total. The minimum atomic E-state index is -0.219. The summed E-state index contributed by atoms with van der Waals surface area (Å²) in [5.74, 6) is -0.219. The molecule has 0 unspecified atom stereocenters. The molecule has 2 heterocycles. The van der Waals surface area contributed by atoms with Crippen LogP contribution in [0.25, 0.3) is 11.3 Å². The van der Waals surface area contributed by atoms with Crippen LogP contribution in [0.4, 0.5) is 5.69 Å². The van der Waals surface area contributed by atoms with Gasteiger partial charge in [-0.3, -0.25) is 15.2 Å². The molecule has 0 radical (unpaired) electrons. The predicted molar refractivity (Wildman–Crippen MR) is 122 cm³/mol.